The van der Waals surface area contributed by atoms with Crippen LogP contribution >= 0.6 is 0 Å². The molecule has 4 N–H and O–H groups in total. The van der Waals surface area contributed by atoms with Crippen LogP contribution < -0.4 is 11.1 Å². The van der Waals surface area contributed by atoms with Crippen molar-refractivity contribution < 1.29 is 9.90 Å². The first-order valence-electron chi connectivity index (χ1n) is 8.97. The number of aliphatic hydroxyl groups excluding tert-OH is 1. The number of aromatic nitrogens is 2. The maximum atomic E-state index is 12.2. The van der Waals surface area contributed by atoms with Gasteiger partial charge in [-0.05, 0) is 48.1 Å². The zero-order chi connectivity index (χ0) is 19.8. The van der Waals surface area contributed by atoms with Crippen molar-refractivity contribution in [1.82, 2.24) is 9.97 Å². The van der Waals surface area contributed by atoms with E-state index in [1.807, 2.05) is 19.1 Å². The van der Waals surface area contributed by atoms with Crippen LogP contribution in [0.3, 0.4) is 0 Å². The van der Waals surface area contributed by atoms with Gasteiger partial charge in [-0.25, -0.2) is 4.98 Å². The molecule has 2 aromatic heterocycles. The molecule has 7 heteroatoms. The van der Waals surface area contributed by atoms with E-state index in [1.165, 1.54) is 0 Å². The van der Waals surface area contributed by atoms with Crippen LogP contribution in [0.2, 0.25) is 0 Å². The summed E-state index contributed by atoms with van der Waals surface area (Å²) in [6, 6.07) is 7.69. The molecule has 0 bridgehead atoms. The predicted molar refractivity (Wildman–Crippen MR) is 106 cm³/mol. The van der Waals surface area contributed by atoms with Gasteiger partial charge in [0, 0.05) is 40.8 Å². The van der Waals surface area contributed by atoms with Gasteiger partial charge in [0.15, 0.2) is 0 Å². The van der Waals surface area contributed by atoms with E-state index in [2.05, 4.69) is 21.4 Å². The van der Waals surface area contributed by atoms with Crippen LogP contribution in [0.25, 0.3) is 21.9 Å². The first kappa shape index (κ1) is 17.9. The number of anilines is 2. The minimum absolute atomic E-state index is 0.193. The van der Waals surface area contributed by atoms with Crippen LogP contribution in [-0.2, 0) is 11.4 Å². The lowest BCUT2D eigenvalue weighted by atomic mass is 9.93. The van der Waals surface area contributed by atoms with Gasteiger partial charge in [0.1, 0.15) is 5.82 Å². The number of fused-ring (bicyclic) bond motifs is 1. The summed E-state index contributed by atoms with van der Waals surface area (Å²) in [5.41, 5.74) is 10.1. The normalized spacial score (nSPS) is 17.9. The molecule has 1 aliphatic carbocycles. The van der Waals surface area contributed by atoms with Crippen molar-refractivity contribution in [2.75, 3.05) is 11.1 Å². The Morgan fingerprint density at radius 2 is 2.21 bits per heavy atom. The van der Waals surface area contributed by atoms with Crippen molar-refractivity contribution in [1.29, 1.82) is 5.26 Å². The number of amides is 1. The number of nitrogens with zero attached hydrogens (tertiary/aromatic N) is 3. The van der Waals surface area contributed by atoms with E-state index < -0.39 is 0 Å². The van der Waals surface area contributed by atoms with E-state index in [0.29, 0.717) is 28.9 Å². The molecule has 2 heterocycles. The van der Waals surface area contributed by atoms with Crippen molar-refractivity contribution in [2.45, 2.75) is 20.0 Å². The highest BCUT2D eigenvalue weighted by Crippen LogP contribution is 2.39. The van der Waals surface area contributed by atoms with Crippen LogP contribution in [0.5, 0.6) is 0 Å². The Balaban J connectivity index is 1.77. The van der Waals surface area contributed by atoms with Crippen LogP contribution in [0, 0.1) is 30.1 Å². The molecule has 2 atom stereocenters. The van der Waals surface area contributed by atoms with Crippen LogP contribution in [0.15, 0.2) is 36.8 Å². The topological polar surface area (TPSA) is 125 Å². The van der Waals surface area contributed by atoms with Gasteiger partial charge in [-0.2, -0.15) is 5.26 Å². The molecule has 4 rings (SSSR count). The minimum atomic E-state index is -0.266. The fraction of sp³-hybridized carbons (Fsp3) is 0.238. The van der Waals surface area contributed by atoms with Crippen molar-refractivity contribution >= 4 is 28.2 Å². The number of benzene rings is 1. The number of pyridine rings is 2. The molecule has 3 aromatic rings. The van der Waals surface area contributed by atoms with Crippen molar-refractivity contribution in [3.8, 4) is 17.2 Å². The maximum absolute atomic E-state index is 12.2. The van der Waals surface area contributed by atoms with E-state index in [-0.39, 0.29) is 24.3 Å². The summed E-state index contributed by atoms with van der Waals surface area (Å²) in [4.78, 5) is 20.7. The number of hydrogen-bond donors (Lipinski definition) is 3. The number of nitrogen functional groups attached to an aromatic ring is 1. The van der Waals surface area contributed by atoms with Crippen molar-refractivity contribution in [3.05, 3.63) is 47.9 Å². The van der Waals surface area contributed by atoms with Gasteiger partial charge in [0.05, 0.1) is 24.5 Å². The number of aliphatic hydroxyl groups is 1. The molecule has 0 aliphatic heterocycles. The van der Waals surface area contributed by atoms with E-state index >= 15 is 0 Å². The quantitative estimate of drug-likeness (QED) is 0.604. The third-order valence-electron chi connectivity index (χ3n) is 5.21. The molecular formula is C21H19N5O2. The maximum Gasteiger partial charge on any atom is 0.230 e. The SMILES string of the molecule is Cc1ccncc1-c1cc2cc(NC(=O)C3CC3C#N)ncc2c(N)c1CO. The number of nitrogens with two attached hydrogens (primary N) is 1. The monoisotopic (exact) mass is 373 g/mol. The van der Waals surface area contributed by atoms with Crippen LogP contribution in [0.1, 0.15) is 17.5 Å². The summed E-state index contributed by atoms with van der Waals surface area (Å²) < 4.78 is 0. The molecule has 140 valence electrons. The molecule has 0 radical (unpaired) electrons. The molecule has 2 unspecified atom stereocenters. The number of carbonyl (C=O) groups is 1. The summed E-state index contributed by atoms with van der Waals surface area (Å²) in [7, 11) is 0. The summed E-state index contributed by atoms with van der Waals surface area (Å²) in [5, 5.41) is 23.1. The molecule has 0 spiro atoms. The van der Waals surface area contributed by atoms with E-state index in [1.54, 1.807) is 24.7 Å². The second kappa shape index (κ2) is 6.91. The molecule has 0 saturated heterocycles. The predicted octanol–water partition coefficient (Wildman–Crippen LogP) is 2.78. The van der Waals surface area contributed by atoms with Gasteiger partial charge in [-0.3, -0.25) is 9.78 Å². The number of nitriles is 1. The van der Waals surface area contributed by atoms with E-state index in [0.717, 1.165) is 22.1 Å². The summed E-state index contributed by atoms with van der Waals surface area (Å²) in [6.07, 6.45) is 5.64. The first-order valence-corrected chi connectivity index (χ1v) is 8.97. The Kier molecular flexibility index (Phi) is 4.41. The number of rotatable bonds is 4. The van der Waals surface area contributed by atoms with Gasteiger partial charge in [0.2, 0.25) is 5.91 Å². The van der Waals surface area contributed by atoms with E-state index in [4.69, 9.17) is 11.0 Å². The van der Waals surface area contributed by atoms with Gasteiger partial charge in [-0.15, -0.1) is 0 Å². The highest BCUT2D eigenvalue weighted by Gasteiger charge is 2.43. The lowest BCUT2D eigenvalue weighted by Crippen LogP contribution is -2.15. The molecule has 1 aliphatic rings. The smallest absolute Gasteiger partial charge is 0.230 e. The second-order valence-corrected chi connectivity index (χ2v) is 7.02. The third-order valence-corrected chi connectivity index (χ3v) is 5.21. The van der Waals surface area contributed by atoms with Crippen LogP contribution in [-0.4, -0.2) is 21.0 Å². The highest BCUT2D eigenvalue weighted by molar-refractivity contribution is 6.01. The molecule has 1 saturated carbocycles. The van der Waals surface area contributed by atoms with Crippen LogP contribution in [0.4, 0.5) is 11.5 Å². The number of carbonyl (C=O) groups excluding carboxylic acids is 1. The summed E-state index contributed by atoms with van der Waals surface area (Å²) in [5.74, 6) is -0.255. The zero-order valence-electron chi connectivity index (χ0n) is 15.3. The average Bonchev–Trinajstić information content (AvgIpc) is 3.48. The average molecular weight is 373 g/mol. The zero-order valence-corrected chi connectivity index (χ0v) is 15.3. The minimum Gasteiger partial charge on any atom is -0.398 e. The Labute approximate surface area is 161 Å². The largest absolute Gasteiger partial charge is 0.398 e. The molecule has 1 aromatic carbocycles. The van der Waals surface area contributed by atoms with Crippen molar-refractivity contribution in [2.24, 2.45) is 11.8 Å². The fourth-order valence-corrected chi connectivity index (χ4v) is 3.44. The number of aryl methyl sites for hydroxylation is 1. The molecule has 1 amide bonds. The third kappa shape index (κ3) is 3.04. The Morgan fingerprint density at radius 3 is 2.89 bits per heavy atom. The molecule has 1 fully saturated rings. The lowest BCUT2D eigenvalue weighted by Gasteiger charge is -2.16. The highest BCUT2D eigenvalue weighted by atomic mass is 16.3. The lowest BCUT2D eigenvalue weighted by molar-refractivity contribution is -0.117. The Morgan fingerprint density at radius 1 is 1.39 bits per heavy atom. The summed E-state index contributed by atoms with van der Waals surface area (Å²) >= 11 is 0. The summed E-state index contributed by atoms with van der Waals surface area (Å²) in [6.45, 7) is 1.76. The number of nitrogens with one attached hydrogen (secondary N) is 1. The van der Waals surface area contributed by atoms with Gasteiger partial charge in [0.25, 0.3) is 0 Å². The van der Waals surface area contributed by atoms with E-state index in [9.17, 15) is 9.90 Å². The van der Waals surface area contributed by atoms with Gasteiger partial charge in [-0.1, -0.05) is 0 Å². The standard InChI is InChI=1S/C21H19N5O2/c1-11-2-3-24-8-16(11)15-4-12-6-19(26-21(28)14-5-13(14)7-22)25-9-17(12)20(23)18(15)10-27/h2-4,6,8-9,13-14,27H,5,10,23H2,1H3,(H,25,26,28). The first-order chi connectivity index (χ1) is 13.5. The van der Waals surface area contributed by atoms with Gasteiger partial charge >= 0.3 is 0 Å². The molecular weight excluding hydrogens is 354 g/mol. The van der Waals surface area contributed by atoms with Gasteiger partial charge < -0.3 is 16.2 Å². The molecule has 28 heavy (non-hydrogen) atoms. The Bertz CT molecular complexity index is 1140. The number of hydrogen-bond acceptors (Lipinski definition) is 6. The fourth-order valence-electron chi connectivity index (χ4n) is 3.44. The van der Waals surface area contributed by atoms with Crippen molar-refractivity contribution in [3.63, 3.8) is 0 Å². The molecule has 7 nitrogen and oxygen atoms in total. The Hall–Kier alpha value is -3.50. The second-order valence-electron chi connectivity index (χ2n) is 7.02.